The monoisotopic (exact) mass is 283 g/mol. The molecule has 0 saturated carbocycles. The second-order valence-corrected chi connectivity index (χ2v) is 4.34. The van der Waals surface area contributed by atoms with Gasteiger partial charge in [-0.3, -0.25) is 0 Å². The molecule has 1 heterocycles. The molecular weight excluding hydrogens is 272 g/mol. The first-order valence-electron chi connectivity index (χ1n) is 5.77. The van der Waals surface area contributed by atoms with Crippen molar-refractivity contribution in [3.05, 3.63) is 46.4 Å². The maximum absolute atomic E-state index is 13.6. The quantitative estimate of drug-likeness (QED) is 0.865. The van der Waals surface area contributed by atoms with Gasteiger partial charge in [-0.1, -0.05) is 24.6 Å². The second-order valence-electron chi connectivity index (χ2n) is 3.98. The molecule has 0 bridgehead atoms. The maximum atomic E-state index is 13.6. The third-order valence-corrected chi connectivity index (χ3v) is 3.02. The number of rotatable bonds is 3. The molecule has 1 N–H and O–H groups in total. The molecule has 0 amide bonds. The lowest BCUT2D eigenvalue weighted by atomic mass is 10.2. The van der Waals surface area contributed by atoms with Crippen molar-refractivity contribution < 1.29 is 8.78 Å². The van der Waals surface area contributed by atoms with Crippen LogP contribution in [0.1, 0.15) is 18.3 Å². The Morgan fingerprint density at radius 3 is 2.42 bits per heavy atom. The van der Waals surface area contributed by atoms with Crippen molar-refractivity contribution in [3.8, 4) is 0 Å². The predicted octanol–water partition coefficient (Wildman–Crippen LogP) is 4.02. The number of aromatic nitrogens is 2. The molecule has 100 valence electrons. The van der Waals surface area contributed by atoms with Crippen molar-refractivity contribution in [1.29, 1.82) is 0 Å². The molecule has 0 atom stereocenters. The molecule has 2 rings (SSSR count). The van der Waals surface area contributed by atoms with E-state index in [2.05, 4.69) is 15.3 Å². The minimum absolute atomic E-state index is 0.248. The second kappa shape index (κ2) is 5.48. The van der Waals surface area contributed by atoms with Crippen LogP contribution in [0.4, 0.5) is 20.3 Å². The Morgan fingerprint density at radius 1 is 1.21 bits per heavy atom. The van der Waals surface area contributed by atoms with Gasteiger partial charge in [0.25, 0.3) is 0 Å². The Bertz CT molecular complexity index is 597. The molecule has 0 aliphatic rings. The summed E-state index contributed by atoms with van der Waals surface area (Å²) in [6.45, 7) is 3.55. The third-order valence-electron chi connectivity index (χ3n) is 2.66. The van der Waals surface area contributed by atoms with Gasteiger partial charge in [0.2, 0.25) is 0 Å². The van der Waals surface area contributed by atoms with Gasteiger partial charge < -0.3 is 5.32 Å². The van der Waals surface area contributed by atoms with Crippen LogP contribution in [0.2, 0.25) is 5.15 Å². The molecular formula is C13H12ClF2N3. The van der Waals surface area contributed by atoms with E-state index in [0.717, 1.165) is 0 Å². The van der Waals surface area contributed by atoms with E-state index < -0.39 is 11.6 Å². The normalized spacial score (nSPS) is 10.6. The van der Waals surface area contributed by atoms with Crippen LogP contribution in [-0.2, 0) is 6.42 Å². The number of hydrogen-bond acceptors (Lipinski definition) is 3. The van der Waals surface area contributed by atoms with Crippen molar-refractivity contribution in [2.75, 3.05) is 5.32 Å². The minimum atomic E-state index is -0.688. The Kier molecular flexibility index (Phi) is 3.95. The molecule has 0 radical (unpaired) electrons. The van der Waals surface area contributed by atoms with Crippen LogP contribution >= 0.6 is 11.6 Å². The minimum Gasteiger partial charge on any atom is -0.335 e. The van der Waals surface area contributed by atoms with Gasteiger partial charge in [-0.15, -0.1) is 0 Å². The van der Waals surface area contributed by atoms with Gasteiger partial charge in [0.05, 0.1) is 0 Å². The van der Waals surface area contributed by atoms with E-state index in [1.807, 2.05) is 6.92 Å². The third kappa shape index (κ3) is 2.81. The summed E-state index contributed by atoms with van der Waals surface area (Å²) in [6.07, 6.45) is 0.578. The molecule has 0 spiro atoms. The van der Waals surface area contributed by atoms with Gasteiger partial charge in [-0.2, -0.15) is 0 Å². The lowest BCUT2D eigenvalue weighted by molar-refractivity contribution is 0.590. The summed E-state index contributed by atoms with van der Waals surface area (Å²) in [4.78, 5) is 8.25. The van der Waals surface area contributed by atoms with Crippen molar-refractivity contribution in [2.45, 2.75) is 20.3 Å². The first-order chi connectivity index (χ1) is 9.02. The highest BCUT2D eigenvalue weighted by Crippen LogP contribution is 2.26. The van der Waals surface area contributed by atoms with Crippen molar-refractivity contribution >= 4 is 23.1 Å². The molecule has 0 aliphatic carbocycles. The molecule has 1 aromatic heterocycles. The fraction of sp³-hybridized carbons (Fsp3) is 0.231. The van der Waals surface area contributed by atoms with E-state index in [1.54, 1.807) is 6.92 Å². The highest BCUT2D eigenvalue weighted by Gasteiger charge is 2.13. The topological polar surface area (TPSA) is 37.8 Å². The van der Waals surface area contributed by atoms with Gasteiger partial charge in [0.1, 0.15) is 34.1 Å². The first-order valence-corrected chi connectivity index (χ1v) is 6.14. The molecule has 19 heavy (non-hydrogen) atoms. The lowest BCUT2D eigenvalue weighted by Gasteiger charge is -2.12. The van der Waals surface area contributed by atoms with Crippen LogP contribution in [-0.4, -0.2) is 9.97 Å². The average molecular weight is 284 g/mol. The van der Waals surface area contributed by atoms with E-state index in [-0.39, 0.29) is 10.8 Å². The summed E-state index contributed by atoms with van der Waals surface area (Å²) >= 11 is 5.96. The Morgan fingerprint density at radius 2 is 1.84 bits per heavy atom. The average Bonchev–Trinajstić information content (AvgIpc) is 2.38. The summed E-state index contributed by atoms with van der Waals surface area (Å²) in [7, 11) is 0. The van der Waals surface area contributed by atoms with E-state index in [4.69, 9.17) is 11.6 Å². The van der Waals surface area contributed by atoms with Crippen LogP contribution in [0, 0.1) is 18.6 Å². The number of aryl methyl sites for hydroxylation is 1. The van der Waals surface area contributed by atoms with Crippen LogP contribution in [0.25, 0.3) is 0 Å². The van der Waals surface area contributed by atoms with Crippen LogP contribution in [0.3, 0.4) is 0 Å². The van der Waals surface area contributed by atoms with Gasteiger partial charge >= 0.3 is 0 Å². The number of nitrogens with zero attached hydrogens (tertiary/aromatic N) is 2. The summed E-state index contributed by atoms with van der Waals surface area (Å²) in [6, 6.07) is 3.64. The Labute approximate surface area is 114 Å². The van der Waals surface area contributed by atoms with Crippen molar-refractivity contribution in [3.63, 3.8) is 0 Å². The van der Waals surface area contributed by atoms with Crippen LogP contribution in [0.15, 0.2) is 18.2 Å². The zero-order valence-electron chi connectivity index (χ0n) is 10.5. The smallest absolute Gasteiger partial charge is 0.149 e. The zero-order chi connectivity index (χ0) is 14.0. The molecule has 0 fully saturated rings. The predicted molar refractivity (Wildman–Crippen MR) is 70.8 cm³/mol. The Balaban J connectivity index is 2.46. The van der Waals surface area contributed by atoms with E-state index >= 15 is 0 Å². The number of nitrogens with one attached hydrogen (secondary N) is 1. The molecule has 0 unspecified atom stereocenters. The molecule has 2 aromatic rings. The summed E-state index contributed by atoms with van der Waals surface area (Å²) < 4.78 is 27.1. The number of para-hydroxylation sites is 1. The molecule has 3 nitrogen and oxygen atoms in total. The standard InChI is InChI=1S/C13H12ClF2N3/c1-3-10-17-12(14)7(2)13(18-10)19-11-8(15)5-4-6-9(11)16/h4-6H,3H2,1-2H3,(H,17,18,19). The van der Waals surface area contributed by atoms with E-state index in [9.17, 15) is 8.78 Å². The van der Waals surface area contributed by atoms with Gasteiger partial charge in [0.15, 0.2) is 0 Å². The van der Waals surface area contributed by atoms with Gasteiger partial charge in [-0.25, -0.2) is 18.7 Å². The lowest BCUT2D eigenvalue weighted by Crippen LogP contribution is -2.05. The molecule has 1 aromatic carbocycles. The fourth-order valence-corrected chi connectivity index (χ4v) is 1.74. The van der Waals surface area contributed by atoms with Gasteiger partial charge in [-0.05, 0) is 19.1 Å². The molecule has 0 saturated heterocycles. The highest BCUT2D eigenvalue weighted by molar-refractivity contribution is 6.30. The van der Waals surface area contributed by atoms with E-state index in [0.29, 0.717) is 23.6 Å². The van der Waals surface area contributed by atoms with E-state index in [1.165, 1.54) is 18.2 Å². The first kappa shape index (κ1) is 13.7. The number of halogens is 3. The number of hydrogen-bond donors (Lipinski definition) is 1. The molecule has 0 aliphatic heterocycles. The number of anilines is 2. The van der Waals surface area contributed by atoms with Gasteiger partial charge in [0, 0.05) is 12.0 Å². The summed E-state index contributed by atoms with van der Waals surface area (Å²) in [5.74, 6) is -0.560. The summed E-state index contributed by atoms with van der Waals surface area (Å²) in [5.41, 5.74) is 0.295. The summed E-state index contributed by atoms with van der Waals surface area (Å²) in [5, 5.41) is 2.91. The van der Waals surface area contributed by atoms with Crippen molar-refractivity contribution in [1.82, 2.24) is 9.97 Å². The fourth-order valence-electron chi connectivity index (χ4n) is 1.55. The van der Waals surface area contributed by atoms with Crippen molar-refractivity contribution in [2.24, 2.45) is 0 Å². The SMILES string of the molecule is CCc1nc(Cl)c(C)c(Nc2c(F)cccc2F)n1. The maximum Gasteiger partial charge on any atom is 0.149 e. The molecule has 6 heteroatoms. The largest absolute Gasteiger partial charge is 0.335 e. The zero-order valence-corrected chi connectivity index (χ0v) is 11.2. The van der Waals surface area contributed by atoms with Crippen LogP contribution in [0.5, 0.6) is 0 Å². The number of benzene rings is 1. The van der Waals surface area contributed by atoms with Crippen LogP contribution < -0.4 is 5.32 Å². The Hall–Kier alpha value is -1.75. The highest BCUT2D eigenvalue weighted by atomic mass is 35.5.